The number of methoxy groups -OCH3 is 1. The van der Waals surface area contributed by atoms with Crippen molar-refractivity contribution in [2.24, 2.45) is 0 Å². The van der Waals surface area contributed by atoms with E-state index in [9.17, 15) is 4.79 Å². The van der Waals surface area contributed by atoms with Crippen LogP contribution in [0, 0.1) is 6.92 Å². The van der Waals surface area contributed by atoms with Gasteiger partial charge in [0.15, 0.2) is 5.58 Å². The lowest BCUT2D eigenvalue weighted by Crippen LogP contribution is -2.14. The van der Waals surface area contributed by atoms with Crippen LogP contribution in [0.4, 0.5) is 5.69 Å². The Labute approximate surface area is 163 Å². The molecule has 0 saturated heterocycles. The van der Waals surface area contributed by atoms with E-state index in [2.05, 4.69) is 10.3 Å². The van der Waals surface area contributed by atoms with Crippen molar-refractivity contribution in [1.29, 1.82) is 0 Å². The number of rotatable bonds is 5. The predicted octanol–water partition coefficient (Wildman–Crippen LogP) is 4.99. The fraction of sp³-hybridized carbons (Fsp3) is 0.130. The maximum absolute atomic E-state index is 12.3. The molecule has 0 radical (unpaired) electrons. The molecule has 4 aromatic rings. The number of fused-ring (bicyclic) bond motifs is 1. The van der Waals surface area contributed by atoms with Gasteiger partial charge in [0, 0.05) is 11.3 Å². The number of nitrogens with zero attached hydrogens (tertiary/aromatic N) is 1. The summed E-state index contributed by atoms with van der Waals surface area (Å²) in [4.78, 5) is 16.9. The van der Waals surface area contributed by atoms with Crippen LogP contribution in [0.3, 0.4) is 0 Å². The van der Waals surface area contributed by atoms with Crippen LogP contribution in [-0.4, -0.2) is 18.0 Å². The highest BCUT2D eigenvalue weighted by Gasteiger charge is 2.10. The largest absolute Gasteiger partial charge is 0.497 e. The molecule has 0 aliphatic rings. The van der Waals surface area contributed by atoms with Crippen LogP contribution in [0.2, 0.25) is 0 Å². The summed E-state index contributed by atoms with van der Waals surface area (Å²) in [6.45, 7) is 2.04. The van der Waals surface area contributed by atoms with Crippen molar-refractivity contribution < 1.29 is 13.9 Å². The summed E-state index contributed by atoms with van der Waals surface area (Å²) in [6, 6.07) is 20.9. The van der Waals surface area contributed by atoms with Gasteiger partial charge in [-0.25, -0.2) is 4.98 Å². The highest BCUT2D eigenvalue weighted by Crippen LogP contribution is 2.26. The van der Waals surface area contributed by atoms with Crippen molar-refractivity contribution in [3.63, 3.8) is 0 Å². The summed E-state index contributed by atoms with van der Waals surface area (Å²) in [7, 11) is 1.62. The summed E-state index contributed by atoms with van der Waals surface area (Å²) in [5, 5.41) is 2.92. The fourth-order valence-corrected chi connectivity index (χ4v) is 2.96. The first-order valence-corrected chi connectivity index (χ1v) is 9.01. The van der Waals surface area contributed by atoms with Gasteiger partial charge in [0.1, 0.15) is 11.3 Å². The third-order valence-corrected chi connectivity index (χ3v) is 4.49. The number of benzene rings is 3. The van der Waals surface area contributed by atoms with E-state index in [4.69, 9.17) is 9.15 Å². The van der Waals surface area contributed by atoms with E-state index >= 15 is 0 Å². The third kappa shape index (κ3) is 3.88. The SMILES string of the molecule is COc1ccc(CC(=O)Nc2ccc3oc(-c4ccc(C)cc4)nc3c2)cc1. The topological polar surface area (TPSA) is 64.4 Å². The number of hydrogen-bond acceptors (Lipinski definition) is 4. The maximum Gasteiger partial charge on any atom is 0.228 e. The van der Waals surface area contributed by atoms with Gasteiger partial charge in [-0.05, 0) is 55.0 Å². The number of oxazole rings is 1. The lowest BCUT2D eigenvalue weighted by Gasteiger charge is -2.06. The lowest BCUT2D eigenvalue weighted by atomic mass is 10.1. The van der Waals surface area contributed by atoms with Gasteiger partial charge in [0.2, 0.25) is 11.8 Å². The van der Waals surface area contributed by atoms with Gasteiger partial charge in [-0.2, -0.15) is 0 Å². The molecule has 0 saturated carbocycles. The number of aryl methyl sites for hydroxylation is 1. The quantitative estimate of drug-likeness (QED) is 0.536. The maximum atomic E-state index is 12.3. The molecule has 1 amide bonds. The van der Waals surface area contributed by atoms with Gasteiger partial charge in [-0.3, -0.25) is 4.79 Å². The molecule has 1 N–H and O–H groups in total. The van der Waals surface area contributed by atoms with Crippen molar-refractivity contribution >= 4 is 22.7 Å². The Kier molecular flexibility index (Phi) is 4.81. The monoisotopic (exact) mass is 372 g/mol. The number of carbonyl (C=O) groups excluding carboxylic acids is 1. The van der Waals surface area contributed by atoms with Crippen molar-refractivity contribution in [3.8, 4) is 17.2 Å². The molecule has 28 heavy (non-hydrogen) atoms. The molecule has 1 heterocycles. The second kappa shape index (κ2) is 7.56. The van der Waals surface area contributed by atoms with Crippen molar-refractivity contribution in [2.75, 3.05) is 12.4 Å². The molecule has 1 aromatic heterocycles. The van der Waals surface area contributed by atoms with E-state index in [1.165, 1.54) is 5.56 Å². The Balaban J connectivity index is 1.49. The first kappa shape index (κ1) is 17.8. The van der Waals surface area contributed by atoms with Gasteiger partial charge in [0.25, 0.3) is 0 Å². The molecule has 140 valence electrons. The van der Waals surface area contributed by atoms with Crippen LogP contribution in [0.25, 0.3) is 22.6 Å². The van der Waals surface area contributed by atoms with Crippen LogP contribution < -0.4 is 10.1 Å². The predicted molar refractivity (Wildman–Crippen MR) is 110 cm³/mol. The van der Waals surface area contributed by atoms with E-state index in [0.717, 1.165) is 16.9 Å². The zero-order chi connectivity index (χ0) is 19.5. The van der Waals surface area contributed by atoms with E-state index in [0.29, 0.717) is 22.7 Å². The highest BCUT2D eigenvalue weighted by molar-refractivity contribution is 5.94. The Morgan fingerprint density at radius 2 is 1.79 bits per heavy atom. The van der Waals surface area contributed by atoms with E-state index in [1.54, 1.807) is 7.11 Å². The van der Waals surface area contributed by atoms with E-state index in [-0.39, 0.29) is 12.3 Å². The number of ether oxygens (including phenoxy) is 1. The molecule has 0 aliphatic heterocycles. The second-order valence-electron chi connectivity index (χ2n) is 6.64. The molecule has 0 unspecified atom stereocenters. The zero-order valence-corrected chi connectivity index (χ0v) is 15.7. The molecule has 0 spiro atoms. The summed E-state index contributed by atoms with van der Waals surface area (Å²) in [6.07, 6.45) is 0.287. The normalized spacial score (nSPS) is 10.8. The molecule has 0 bridgehead atoms. The van der Waals surface area contributed by atoms with Crippen LogP contribution in [-0.2, 0) is 11.2 Å². The van der Waals surface area contributed by atoms with E-state index < -0.39 is 0 Å². The van der Waals surface area contributed by atoms with Gasteiger partial charge < -0.3 is 14.5 Å². The molecule has 0 atom stereocenters. The Morgan fingerprint density at radius 1 is 1.04 bits per heavy atom. The molecule has 5 heteroatoms. The Morgan fingerprint density at radius 3 is 2.50 bits per heavy atom. The lowest BCUT2D eigenvalue weighted by molar-refractivity contribution is -0.115. The van der Waals surface area contributed by atoms with Crippen molar-refractivity contribution in [1.82, 2.24) is 4.98 Å². The number of aromatic nitrogens is 1. The minimum absolute atomic E-state index is 0.0910. The van der Waals surface area contributed by atoms with Gasteiger partial charge in [0.05, 0.1) is 13.5 Å². The number of hydrogen-bond donors (Lipinski definition) is 1. The number of anilines is 1. The zero-order valence-electron chi connectivity index (χ0n) is 15.7. The first-order chi connectivity index (χ1) is 13.6. The third-order valence-electron chi connectivity index (χ3n) is 4.49. The molecule has 5 nitrogen and oxygen atoms in total. The molecule has 4 rings (SSSR count). The number of nitrogens with one attached hydrogen (secondary N) is 1. The standard InChI is InChI=1S/C23H20N2O3/c1-15-3-7-17(8-4-15)23-25-20-14-18(9-12-21(20)28-23)24-22(26)13-16-5-10-19(27-2)11-6-16/h3-12,14H,13H2,1-2H3,(H,24,26). The Bertz CT molecular complexity index is 1110. The highest BCUT2D eigenvalue weighted by atomic mass is 16.5. The summed E-state index contributed by atoms with van der Waals surface area (Å²) in [5.74, 6) is 1.24. The van der Waals surface area contributed by atoms with Crippen molar-refractivity contribution in [3.05, 3.63) is 77.9 Å². The summed E-state index contributed by atoms with van der Waals surface area (Å²) in [5.41, 5.74) is 5.10. The minimum atomic E-state index is -0.0910. The summed E-state index contributed by atoms with van der Waals surface area (Å²) < 4.78 is 11.0. The van der Waals surface area contributed by atoms with Gasteiger partial charge >= 0.3 is 0 Å². The molecule has 3 aromatic carbocycles. The molecular weight excluding hydrogens is 352 g/mol. The summed E-state index contributed by atoms with van der Waals surface area (Å²) >= 11 is 0. The van der Waals surface area contributed by atoms with Crippen LogP contribution in [0.1, 0.15) is 11.1 Å². The fourth-order valence-electron chi connectivity index (χ4n) is 2.96. The number of amides is 1. The van der Waals surface area contributed by atoms with Crippen molar-refractivity contribution in [2.45, 2.75) is 13.3 Å². The average molecular weight is 372 g/mol. The smallest absolute Gasteiger partial charge is 0.228 e. The number of carbonyl (C=O) groups is 1. The van der Waals surface area contributed by atoms with Crippen LogP contribution in [0.5, 0.6) is 5.75 Å². The van der Waals surface area contributed by atoms with Gasteiger partial charge in [-0.1, -0.05) is 29.8 Å². The average Bonchev–Trinajstić information content (AvgIpc) is 3.12. The molecule has 0 fully saturated rings. The van der Waals surface area contributed by atoms with Crippen LogP contribution in [0.15, 0.2) is 71.1 Å². The molecular formula is C23H20N2O3. The minimum Gasteiger partial charge on any atom is -0.497 e. The first-order valence-electron chi connectivity index (χ1n) is 9.01. The molecule has 0 aliphatic carbocycles. The van der Waals surface area contributed by atoms with E-state index in [1.807, 2.05) is 73.7 Å². The van der Waals surface area contributed by atoms with Crippen LogP contribution >= 0.6 is 0 Å². The second-order valence-corrected chi connectivity index (χ2v) is 6.64. The Hall–Kier alpha value is -3.60. The van der Waals surface area contributed by atoms with Gasteiger partial charge in [-0.15, -0.1) is 0 Å².